The number of benzene rings is 8. The molecule has 6 aliphatic heterocycles. The molecule has 3 fully saturated rings. The minimum Gasteiger partial charge on any atom is -0.459 e. The number of fused-ring (bicyclic) bond motifs is 3. The Labute approximate surface area is 597 Å². The summed E-state index contributed by atoms with van der Waals surface area (Å²) in [5.74, 6) is -11.4. The predicted molar refractivity (Wildman–Crippen MR) is 358 cm³/mol. The Balaban J connectivity index is 0.940. The zero-order valence-corrected chi connectivity index (χ0v) is 55.4. The van der Waals surface area contributed by atoms with Crippen LogP contribution in [0.25, 0.3) is 0 Å². The van der Waals surface area contributed by atoms with Gasteiger partial charge in [0.25, 0.3) is 35.4 Å². The van der Waals surface area contributed by atoms with Crippen molar-refractivity contribution in [1.82, 2.24) is 14.7 Å². The van der Waals surface area contributed by atoms with E-state index in [2.05, 4.69) is 0 Å². The summed E-state index contributed by atoms with van der Waals surface area (Å²) in [5, 5.41) is 24.8. The number of ether oxygens (including phenoxy) is 11. The second kappa shape index (κ2) is 30.3. The zero-order valence-electron chi connectivity index (χ0n) is 55.4. The van der Waals surface area contributed by atoms with Crippen LogP contribution in [0.5, 0.6) is 0 Å². The lowest BCUT2D eigenvalue weighted by molar-refractivity contribution is -0.359. The van der Waals surface area contributed by atoms with Crippen LogP contribution in [-0.4, -0.2) is 209 Å². The van der Waals surface area contributed by atoms with Crippen molar-refractivity contribution in [3.8, 4) is 0 Å². The summed E-state index contributed by atoms with van der Waals surface area (Å²) in [4.78, 5) is 166. The van der Waals surface area contributed by atoms with Gasteiger partial charge in [0.2, 0.25) is 0 Å². The maximum atomic E-state index is 15.6. The lowest BCUT2D eigenvalue weighted by Crippen LogP contribution is -2.72. The first-order chi connectivity index (χ1) is 51.0. The number of esters is 5. The number of carbonyl (C=O) groups is 11. The van der Waals surface area contributed by atoms with Gasteiger partial charge >= 0.3 is 29.8 Å². The van der Waals surface area contributed by atoms with Gasteiger partial charge in [0, 0.05) is 7.11 Å². The van der Waals surface area contributed by atoms with Gasteiger partial charge in [0.05, 0.1) is 67.8 Å². The number of hydrogen-bond acceptors (Lipinski definition) is 24. The first kappa shape index (κ1) is 70.3. The number of methoxy groups -OCH3 is 1. The molecule has 3 saturated heterocycles. The van der Waals surface area contributed by atoms with Crippen molar-refractivity contribution >= 4 is 65.3 Å². The van der Waals surface area contributed by atoms with E-state index in [1.54, 1.807) is 54.6 Å². The minimum atomic E-state index is -2.36. The molecule has 0 aliphatic carbocycles. The summed E-state index contributed by atoms with van der Waals surface area (Å²) in [6.07, 6.45) is -25.0. The highest BCUT2D eigenvalue weighted by molar-refractivity contribution is 6.23. The number of aliphatic hydroxyl groups is 2. The normalized spacial score (nSPS) is 26.1. The van der Waals surface area contributed by atoms with Crippen molar-refractivity contribution in [2.75, 3.05) is 26.9 Å². The molecule has 105 heavy (non-hydrogen) atoms. The summed E-state index contributed by atoms with van der Waals surface area (Å²) in [5.41, 5.74) is -1.14. The average Bonchev–Trinajstić information content (AvgIpc) is 1.60. The van der Waals surface area contributed by atoms with E-state index < -0.39 is 177 Å². The molecule has 15 atom stereocenters. The van der Waals surface area contributed by atoms with Crippen LogP contribution in [0.4, 0.5) is 0 Å². The number of nitrogens with zero attached hydrogens (tertiary/aromatic N) is 3. The Morgan fingerprint density at radius 1 is 0.333 bits per heavy atom. The molecule has 8 aromatic carbocycles. The Morgan fingerprint density at radius 2 is 0.590 bits per heavy atom. The van der Waals surface area contributed by atoms with Gasteiger partial charge in [-0.1, -0.05) is 127 Å². The molecule has 0 aromatic heterocycles. The molecule has 0 saturated carbocycles. The van der Waals surface area contributed by atoms with E-state index in [9.17, 15) is 39.0 Å². The number of hydrogen-bond donors (Lipinski definition) is 2. The highest BCUT2D eigenvalue weighted by Gasteiger charge is 2.64. The summed E-state index contributed by atoms with van der Waals surface area (Å²) >= 11 is 0. The molecule has 6 heterocycles. The topological polar surface area (TPSA) is 339 Å². The molecule has 0 spiro atoms. The lowest BCUT2D eigenvalue weighted by Gasteiger charge is -2.53. The van der Waals surface area contributed by atoms with Gasteiger partial charge in [-0.3, -0.25) is 43.5 Å². The second-order valence-electron chi connectivity index (χ2n) is 24.9. The van der Waals surface area contributed by atoms with Gasteiger partial charge in [0.15, 0.2) is 37.2 Å². The van der Waals surface area contributed by atoms with Crippen LogP contribution in [0, 0.1) is 0 Å². The van der Waals surface area contributed by atoms with E-state index in [0.717, 1.165) is 12.0 Å². The van der Waals surface area contributed by atoms with E-state index in [-0.39, 0.29) is 61.2 Å². The third-order valence-electron chi connectivity index (χ3n) is 18.8. The van der Waals surface area contributed by atoms with E-state index in [4.69, 9.17) is 52.1 Å². The highest BCUT2D eigenvalue weighted by atomic mass is 16.8. The van der Waals surface area contributed by atoms with Crippen molar-refractivity contribution in [2.24, 2.45) is 0 Å². The van der Waals surface area contributed by atoms with Crippen molar-refractivity contribution < 1.29 is 115 Å². The number of rotatable bonds is 21. The van der Waals surface area contributed by atoms with Crippen LogP contribution in [0.2, 0.25) is 0 Å². The number of imide groups is 3. The molecular weight excluding hydrogens is 1360 g/mol. The summed E-state index contributed by atoms with van der Waals surface area (Å²) in [6, 6.07) is 48.1. The smallest absolute Gasteiger partial charge is 0.338 e. The number of carbonyl (C=O) groups excluding carboxylic acids is 11. The fourth-order valence-electron chi connectivity index (χ4n) is 13.7. The van der Waals surface area contributed by atoms with Crippen molar-refractivity contribution in [3.63, 3.8) is 0 Å². The predicted octanol–water partition coefficient (Wildman–Crippen LogP) is 6.32. The quantitative estimate of drug-likeness (QED) is 0.0451. The second-order valence-corrected chi connectivity index (χ2v) is 24.9. The molecule has 8 aromatic rings. The molecule has 27 nitrogen and oxygen atoms in total. The minimum absolute atomic E-state index is 0.0492. The van der Waals surface area contributed by atoms with E-state index in [1.165, 1.54) is 170 Å². The van der Waals surface area contributed by atoms with Crippen LogP contribution >= 0.6 is 0 Å². The Morgan fingerprint density at radius 3 is 0.914 bits per heavy atom. The molecule has 6 amide bonds. The zero-order chi connectivity index (χ0) is 73.2. The van der Waals surface area contributed by atoms with Gasteiger partial charge in [-0.05, 0) is 97.1 Å². The molecule has 14 rings (SSSR count). The molecule has 534 valence electrons. The number of amides is 6. The largest absolute Gasteiger partial charge is 0.459 e. The molecule has 0 bridgehead atoms. The fraction of sp³-hybridized carbons (Fsp3) is 0.244. The standard InChI is InChI=1S/C78H63N3O24/c1-95-76-57(80-67(86)49-35-19-20-36-50(49)68(80)87)63(102-74(93)45-29-13-5-14-30-45)61(55(100-76)41-97-72(91)43-25-9-3-10-26-43)105-78-58(81-69(88)51-37-21-22-38-52(51)70(81)89)64(103-75(94)46-31-15-6-16-32-46)60(53(39-82)98-78)104-77-56(79-65(84)47-33-17-18-34-48(47)66(79)85)62(101-73(92)44-27-11-4-12-28-44)59(83)54(99-77)40-96-71(90)42-23-7-2-8-24-42/h2-38,53-64,76-78,82-83H,39-41H2,1H3/t53?,54?,55?,56-,57-,58+,59+,60?,61+,62?,63?,64-,76+,77-,78?/m1/s1. The van der Waals surface area contributed by atoms with Crippen LogP contribution in [0.3, 0.4) is 0 Å². The molecule has 6 aliphatic rings. The van der Waals surface area contributed by atoms with Crippen molar-refractivity contribution in [1.29, 1.82) is 0 Å². The average molecular weight is 1430 g/mol. The SMILES string of the molecule is CO[C@H]1OC(COC(=O)c2ccccc2)[C@H](OC2OC(CO)C(O[C@H]3OC(COC(=O)c4ccccc4)[C@H](O)C(OC(=O)c4ccccc4)[C@H]3N3C(=O)c4ccccc4C3=O)[C@H](OC(=O)c3ccccc3)[C@@H]2N2C(=O)c3ccccc3C2=O)C(OC(=O)c2ccccc2)[C@H]1N1C(=O)c2ccccc2C1=O. The third kappa shape index (κ3) is 13.6. The van der Waals surface area contributed by atoms with Crippen LogP contribution in [-0.2, 0) is 52.1 Å². The van der Waals surface area contributed by atoms with Gasteiger partial charge in [-0.15, -0.1) is 0 Å². The Kier molecular flexibility index (Phi) is 20.2. The molecule has 27 heteroatoms. The van der Waals surface area contributed by atoms with Gasteiger partial charge in [-0.2, -0.15) is 0 Å². The highest BCUT2D eigenvalue weighted by Crippen LogP contribution is 2.43. The molecule has 2 N–H and O–H groups in total. The van der Waals surface area contributed by atoms with E-state index in [1.807, 2.05) is 0 Å². The maximum Gasteiger partial charge on any atom is 0.338 e. The lowest BCUT2D eigenvalue weighted by atomic mass is 9.91. The van der Waals surface area contributed by atoms with Crippen LogP contribution in [0.15, 0.2) is 224 Å². The molecule has 7 unspecified atom stereocenters. The maximum absolute atomic E-state index is 15.6. The Hall–Kier alpha value is -11.8. The monoisotopic (exact) mass is 1430 g/mol. The van der Waals surface area contributed by atoms with Crippen molar-refractivity contribution in [2.45, 2.75) is 91.9 Å². The van der Waals surface area contributed by atoms with Crippen LogP contribution < -0.4 is 0 Å². The summed E-state index contributed by atoms with van der Waals surface area (Å²) in [7, 11) is 1.16. The summed E-state index contributed by atoms with van der Waals surface area (Å²) < 4.78 is 71.3. The molecular formula is C78H63N3O24. The van der Waals surface area contributed by atoms with E-state index in [0.29, 0.717) is 9.80 Å². The Bertz CT molecular complexity index is 4560. The first-order valence-corrected chi connectivity index (χ1v) is 33.3. The van der Waals surface area contributed by atoms with Gasteiger partial charge in [0.1, 0.15) is 68.0 Å². The number of aliphatic hydroxyl groups excluding tert-OH is 2. The van der Waals surface area contributed by atoms with Gasteiger partial charge in [-0.25, -0.2) is 24.0 Å². The third-order valence-corrected chi connectivity index (χ3v) is 18.8. The van der Waals surface area contributed by atoms with Gasteiger partial charge < -0.3 is 62.3 Å². The van der Waals surface area contributed by atoms with E-state index >= 15 is 24.0 Å². The first-order valence-electron chi connectivity index (χ1n) is 33.3. The summed E-state index contributed by atoms with van der Waals surface area (Å²) in [6.45, 7) is -2.95. The fourth-order valence-corrected chi connectivity index (χ4v) is 13.7. The van der Waals surface area contributed by atoms with Crippen molar-refractivity contribution in [3.05, 3.63) is 286 Å². The van der Waals surface area contributed by atoms with Crippen LogP contribution in [0.1, 0.15) is 114 Å². The molecule has 0 radical (unpaired) electrons.